The summed E-state index contributed by atoms with van der Waals surface area (Å²) in [5.74, 6) is 2.30. The molecule has 0 aromatic carbocycles. The molecule has 10 atom stereocenters. The molecule has 5 saturated carbocycles. The molecule has 2 N–H and O–H groups in total. The molecule has 6 fully saturated rings. The first-order chi connectivity index (χ1) is 15.6. The summed E-state index contributed by atoms with van der Waals surface area (Å²) in [4.78, 5) is 11.0. The largest absolute Gasteiger partial charge is 0.481 e. The number of hydrogen-bond donors (Lipinski definition) is 2. The van der Waals surface area contributed by atoms with E-state index >= 15 is 0 Å². The maximum atomic E-state index is 11.0. The zero-order valence-electron chi connectivity index (χ0n) is 21.7. The summed E-state index contributed by atoms with van der Waals surface area (Å²) in [6.07, 6.45) is 13.9. The maximum Gasteiger partial charge on any atom is 0.303 e. The molecule has 0 aromatic rings. The van der Waals surface area contributed by atoms with E-state index in [4.69, 9.17) is 9.84 Å². The van der Waals surface area contributed by atoms with E-state index in [1.54, 1.807) is 0 Å². The van der Waals surface area contributed by atoms with Crippen LogP contribution in [0.3, 0.4) is 0 Å². The summed E-state index contributed by atoms with van der Waals surface area (Å²) in [5, 5.41) is 19.9. The lowest BCUT2D eigenvalue weighted by Gasteiger charge is -2.59. The van der Waals surface area contributed by atoms with Gasteiger partial charge in [-0.3, -0.25) is 4.79 Å². The number of carboxylic acids is 1. The topological polar surface area (TPSA) is 66.8 Å². The maximum absolute atomic E-state index is 11.0. The molecule has 4 heteroatoms. The van der Waals surface area contributed by atoms with E-state index in [2.05, 4.69) is 20.8 Å². The molecule has 4 nitrogen and oxygen atoms in total. The second-order valence-electron chi connectivity index (χ2n) is 13.4. The van der Waals surface area contributed by atoms with Crippen LogP contribution in [-0.2, 0) is 9.53 Å². The van der Waals surface area contributed by atoms with E-state index in [0.29, 0.717) is 40.6 Å². The van der Waals surface area contributed by atoms with Gasteiger partial charge in [-0.1, -0.05) is 34.6 Å². The summed E-state index contributed by atoms with van der Waals surface area (Å²) in [6.45, 7) is 11.3. The number of carboxylic acid groups (broad SMARTS) is 1. The zero-order chi connectivity index (χ0) is 23.8. The molecule has 188 valence electrons. The van der Waals surface area contributed by atoms with Crippen LogP contribution in [0.25, 0.3) is 0 Å². The van der Waals surface area contributed by atoms with Gasteiger partial charge in [0.2, 0.25) is 0 Å². The fourth-order valence-corrected chi connectivity index (χ4v) is 10.8. The Morgan fingerprint density at radius 3 is 2.36 bits per heavy atom. The van der Waals surface area contributed by atoms with Gasteiger partial charge in [-0.05, 0) is 116 Å². The van der Waals surface area contributed by atoms with Crippen molar-refractivity contribution in [2.75, 3.05) is 0 Å². The van der Waals surface area contributed by atoms with E-state index in [1.165, 1.54) is 51.4 Å². The summed E-state index contributed by atoms with van der Waals surface area (Å²) in [6, 6.07) is 0. The van der Waals surface area contributed by atoms with Gasteiger partial charge in [0.15, 0.2) is 0 Å². The number of aliphatic hydroxyl groups excluding tert-OH is 1. The van der Waals surface area contributed by atoms with E-state index in [0.717, 1.165) is 24.7 Å². The third-order valence-electron chi connectivity index (χ3n) is 12.3. The van der Waals surface area contributed by atoms with Gasteiger partial charge in [-0.15, -0.1) is 0 Å². The van der Waals surface area contributed by atoms with Gasteiger partial charge in [0.1, 0.15) is 0 Å². The Balaban J connectivity index is 0.00000111. The van der Waals surface area contributed by atoms with Crippen molar-refractivity contribution >= 4 is 5.97 Å². The number of rotatable bonds is 3. The number of hydrogen-bond acceptors (Lipinski definition) is 3. The highest BCUT2D eigenvalue weighted by molar-refractivity contribution is 5.66. The standard InChI is InChI=1S/C27H42O4.C2H6/c1-24(2)21-8-7-17-19-14-20-18(6-4-16(31-20)5-9-23(29)30)25(19,3)12-13-26(17)15-27(21,26)11-10-22(24)28;1-2/h16-22,28H,4-15H2,1-3H3,(H,29,30);1-2H3/t16?,17?,18?,19?,20?,21?,22-,25+,26-,27?;/m0./s1. The van der Waals surface area contributed by atoms with Crippen LogP contribution in [0.2, 0.25) is 0 Å². The van der Waals surface area contributed by atoms with Crippen LogP contribution in [0.5, 0.6) is 0 Å². The van der Waals surface area contributed by atoms with Crippen molar-refractivity contribution in [2.45, 2.75) is 130 Å². The zero-order valence-corrected chi connectivity index (χ0v) is 21.7. The summed E-state index contributed by atoms with van der Waals surface area (Å²) in [5.41, 5.74) is 1.54. The third-order valence-corrected chi connectivity index (χ3v) is 12.3. The van der Waals surface area contributed by atoms with Crippen molar-refractivity contribution in [2.24, 2.45) is 45.3 Å². The molecule has 0 bridgehead atoms. The van der Waals surface area contributed by atoms with Crippen LogP contribution < -0.4 is 0 Å². The van der Waals surface area contributed by atoms with Gasteiger partial charge in [0.05, 0.1) is 18.3 Å². The highest BCUT2D eigenvalue weighted by atomic mass is 16.5. The predicted octanol–water partition coefficient (Wildman–Crippen LogP) is 6.44. The van der Waals surface area contributed by atoms with Crippen molar-refractivity contribution < 1.29 is 19.7 Å². The van der Waals surface area contributed by atoms with E-state index in [9.17, 15) is 9.90 Å². The van der Waals surface area contributed by atoms with E-state index < -0.39 is 5.97 Å². The first-order valence-corrected chi connectivity index (χ1v) is 14.2. The van der Waals surface area contributed by atoms with Crippen LogP contribution in [0.15, 0.2) is 0 Å². The quantitative estimate of drug-likeness (QED) is 0.508. The first-order valence-electron chi connectivity index (χ1n) is 14.2. The van der Waals surface area contributed by atoms with Gasteiger partial charge in [0.25, 0.3) is 0 Å². The SMILES string of the molecule is CC.CC1(C)C2CCC3C4CC5OC(CCC(=O)O)CCC5[C@@]4(C)CC[C@]34CC24CC[C@@H]1O. The second kappa shape index (κ2) is 7.95. The minimum absolute atomic E-state index is 0.0671. The Kier molecular flexibility index (Phi) is 5.81. The van der Waals surface area contributed by atoms with Crippen LogP contribution in [0.4, 0.5) is 0 Å². The molecular formula is C29H48O4. The molecular weight excluding hydrogens is 412 g/mol. The Morgan fingerprint density at radius 1 is 0.909 bits per heavy atom. The van der Waals surface area contributed by atoms with Crippen LogP contribution in [0.1, 0.15) is 112 Å². The highest BCUT2D eigenvalue weighted by Gasteiger charge is 2.80. The van der Waals surface area contributed by atoms with Crippen LogP contribution in [-0.4, -0.2) is 34.5 Å². The molecule has 6 rings (SSSR count). The molecule has 33 heavy (non-hydrogen) atoms. The molecule has 1 saturated heterocycles. The van der Waals surface area contributed by atoms with Crippen molar-refractivity contribution in [1.82, 2.24) is 0 Å². The van der Waals surface area contributed by atoms with Gasteiger partial charge in [0, 0.05) is 6.42 Å². The lowest BCUT2D eigenvalue weighted by Crippen LogP contribution is -2.54. The van der Waals surface area contributed by atoms with Crippen LogP contribution in [0, 0.1) is 45.3 Å². The van der Waals surface area contributed by atoms with Gasteiger partial charge >= 0.3 is 5.97 Å². The fourth-order valence-electron chi connectivity index (χ4n) is 10.8. The number of ether oxygens (including phenoxy) is 1. The van der Waals surface area contributed by atoms with E-state index in [1.807, 2.05) is 13.8 Å². The number of aliphatic hydroxyl groups is 1. The molecule has 0 aromatic heterocycles. The molecule has 2 spiro atoms. The van der Waals surface area contributed by atoms with Crippen molar-refractivity contribution in [3.05, 3.63) is 0 Å². The third kappa shape index (κ3) is 3.18. The van der Waals surface area contributed by atoms with Crippen molar-refractivity contribution in [3.63, 3.8) is 0 Å². The van der Waals surface area contributed by atoms with Gasteiger partial charge in [-0.25, -0.2) is 0 Å². The minimum atomic E-state index is -0.698. The average Bonchev–Trinajstić information content (AvgIpc) is 3.37. The van der Waals surface area contributed by atoms with Crippen LogP contribution >= 0.6 is 0 Å². The number of fused-ring (bicyclic) bond motifs is 4. The van der Waals surface area contributed by atoms with E-state index in [-0.39, 0.29) is 24.0 Å². The predicted molar refractivity (Wildman–Crippen MR) is 130 cm³/mol. The monoisotopic (exact) mass is 460 g/mol. The lowest BCUT2D eigenvalue weighted by molar-refractivity contribution is -0.140. The second-order valence-corrected chi connectivity index (χ2v) is 13.4. The molecule has 5 aliphatic carbocycles. The molecule has 0 radical (unpaired) electrons. The molecule has 0 amide bonds. The lowest BCUT2D eigenvalue weighted by atomic mass is 9.46. The Hall–Kier alpha value is -0.610. The minimum Gasteiger partial charge on any atom is -0.481 e. The Labute approximate surface area is 201 Å². The molecule has 1 aliphatic heterocycles. The normalized spacial score (nSPS) is 53.2. The summed E-state index contributed by atoms with van der Waals surface area (Å²) in [7, 11) is 0. The van der Waals surface area contributed by atoms with Gasteiger partial charge in [-0.2, -0.15) is 0 Å². The molecule has 1 heterocycles. The highest BCUT2D eigenvalue weighted by Crippen LogP contribution is 2.87. The fraction of sp³-hybridized carbons (Fsp3) is 0.966. The number of aliphatic carboxylic acids is 1. The summed E-state index contributed by atoms with van der Waals surface area (Å²) >= 11 is 0. The van der Waals surface area contributed by atoms with Crippen molar-refractivity contribution in [1.29, 1.82) is 0 Å². The Morgan fingerprint density at radius 2 is 1.64 bits per heavy atom. The number of carbonyl (C=O) groups is 1. The smallest absolute Gasteiger partial charge is 0.303 e. The first kappa shape index (κ1) is 24.1. The average molecular weight is 461 g/mol. The molecule has 7 unspecified atom stereocenters. The summed E-state index contributed by atoms with van der Waals surface area (Å²) < 4.78 is 6.60. The Bertz CT molecular complexity index is 778. The molecule has 6 aliphatic rings. The van der Waals surface area contributed by atoms with Crippen molar-refractivity contribution in [3.8, 4) is 0 Å². The van der Waals surface area contributed by atoms with Gasteiger partial charge < -0.3 is 14.9 Å².